The largest absolute Gasteiger partial charge is 0.507 e. The lowest BCUT2D eigenvalue weighted by Gasteiger charge is -2.20. The number of ketones is 1. The molecule has 140 valence electrons. The molecule has 27 heavy (non-hydrogen) atoms. The van der Waals surface area contributed by atoms with Crippen LogP contribution in [0.25, 0.3) is 6.08 Å². The highest BCUT2D eigenvalue weighted by Crippen LogP contribution is 2.41. The van der Waals surface area contributed by atoms with Gasteiger partial charge < -0.3 is 9.84 Å². The fraction of sp³-hybridized carbons (Fsp3) is 0.261. The van der Waals surface area contributed by atoms with E-state index in [1.54, 1.807) is 12.1 Å². The number of phenolic OH excluding ortho intramolecular Hbond substituents is 1. The second-order valence-electron chi connectivity index (χ2n) is 6.59. The maximum absolute atomic E-state index is 12.8. The zero-order chi connectivity index (χ0) is 19.4. The Morgan fingerprint density at radius 2 is 1.85 bits per heavy atom. The predicted molar refractivity (Wildman–Crippen MR) is 108 cm³/mol. The van der Waals surface area contributed by atoms with Gasteiger partial charge in [0.05, 0.1) is 11.1 Å². The first kappa shape index (κ1) is 18.9. The Morgan fingerprint density at radius 3 is 2.52 bits per heavy atom. The van der Waals surface area contributed by atoms with Gasteiger partial charge in [-0.2, -0.15) is 0 Å². The first-order valence-electron chi connectivity index (χ1n) is 9.28. The lowest BCUT2D eigenvalue weighted by Crippen LogP contribution is -2.22. The van der Waals surface area contributed by atoms with Gasteiger partial charge in [0.15, 0.2) is 5.76 Å². The van der Waals surface area contributed by atoms with Gasteiger partial charge in [0.2, 0.25) is 5.78 Å². The van der Waals surface area contributed by atoms with Gasteiger partial charge in [0.25, 0.3) is 0 Å². The van der Waals surface area contributed by atoms with Crippen LogP contribution in [0.5, 0.6) is 11.5 Å². The summed E-state index contributed by atoms with van der Waals surface area (Å²) in [7, 11) is 0. The highest BCUT2D eigenvalue weighted by molar-refractivity contribution is 6.13. The minimum atomic E-state index is -0.138. The van der Waals surface area contributed by atoms with E-state index in [2.05, 4.69) is 18.7 Å². The summed E-state index contributed by atoms with van der Waals surface area (Å²) in [6.07, 6.45) is 5.43. The highest BCUT2D eigenvalue weighted by Gasteiger charge is 2.33. The average Bonchev–Trinajstić information content (AvgIpc) is 3.00. The topological polar surface area (TPSA) is 49.8 Å². The molecule has 0 spiro atoms. The van der Waals surface area contributed by atoms with E-state index in [4.69, 9.17) is 4.74 Å². The number of nitrogens with zero attached hydrogens (tertiary/aromatic N) is 1. The third-order valence-electron chi connectivity index (χ3n) is 4.83. The van der Waals surface area contributed by atoms with Gasteiger partial charge in [-0.25, -0.2) is 0 Å². The van der Waals surface area contributed by atoms with Crippen LogP contribution in [0.2, 0.25) is 0 Å². The number of aryl methyl sites for hydroxylation is 1. The summed E-state index contributed by atoms with van der Waals surface area (Å²) in [4.78, 5) is 15.0. The van der Waals surface area contributed by atoms with Gasteiger partial charge in [-0.1, -0.05) is 56.3 Å². The molecule has 0 radical (unpaired) electrons. The number of aromatic hydroxyl groups is 1. The van der Waals surface area contributed by atoms with Crippen molar-refractivity contribution in [2.75, 3.05) is 13.1 Å². The zero-order valence-corrected chi connectivity index (χ0v) is 16.0. The van der Waals surface area contributed by atoms with Crippen LogP contribution in [-0.2, 0) is 6.54 Å². The van der Waals surface area contributed by atoms with E-state index in [1.807, 2.05) is 49.4 Å². The number of rotatable bonds is 6. The SMILES string of the molecule is CCN(CC)Cc1c(O)cc(C)c2c1O/C(=C\C=C\c1ccccc1)C2=O. The van der Waals surface area contributed by atoms with Crippen LogP contribution < -0.4 is 4.74 Å². The van der Waals surface area contributed by atoms with E-state index in [9.17, 15) is 9.90 Å². The monoisotopic (exact) mass is 363 g/mol. The molecular weight excluding hydrogens is 338 g/mol. The number of hydrogen-bond acceptors (Lipinski definition) is 4. The smallest absolute Gasteiger partial charge is 0.232 e. The van der Waals surface area contributed by atoms with E-state index < -0.39 is 0 Å². The van der Waals surface area contributed by atoms with Gasteiger partial charge in [-0.3, -0.25) is 9.69 Å². The molecule has 0 aromatic heterocycles. The molecule has 1 aliphatic heterocycles. The molecule has 4 nitrogen and oxygen atoms in total. The molecule has 0 saturated carbocycles. The lowest BCUT2D eigenvalue weighted by atomic mass is 9.99. The molecule has 0 saturated heterocycles. The van der Waals surface area contributed by atoms with Gasteiger partial charge in [-0.15, -0.1) is 0 Å². The summed E-state index contributed by atoms with van der Waals surface area (Å²) in [5, 5.41) is 10.4. The Hall–Kier alpha value is -2.85. The van der Waals surface area contributed by atoms with E-state index in [0.717, 1.165) is 24.2 Å². The van der Waals surface area contributed by atoms with Crippen LogP contribution in [0.1, 0.15) is 40.9 Å². The predicted octanol–water partition coefficient (Wildman–Crippen LogP) is 4.71. The summed E-state index contributed by atoms with van der Waals surface area (Å²) in [5.74, 6) is 0.809. The third kappa shape index (κ3) is 3.96. The van der Waals surface area contributed by atoms with E-state index >= 15 is 0 Å². The molecular formula is C23H25NO3. The highest BCUT2D eigenvalue weighted by atomic mass is 16.5. The van der Waals surface area contributed by atoms with Gasteiger partial charge in [0.1, 0.15) is 11.5 Å². The molecule has 4 heteroatoms. The normalized spacial score (nSPS) is 15.0. The summed E-state index contributed by atoms with van der Waals surface area (Å²) >= 11 is 0. The molecule has 0 aliphatic carbocycles. The quantitative estimate of drug-likeness (QED) is 0.755. The second kappa shape index (κ2) is 8.23. The lowest BCUT2D eigenvalue weighted by molar-refractivity contribution is 0.101. The van der Waals surface area contributed by atoms with Crippen molar-refractivity contribution in [2.45, 2.75) is 27.3 Å². The van der Waals surface area contributed by atoms with Crippen molar-refractivity contribution in [1.82, 2.24) is 4.90 Å². The van der Waals surface area contributed by atoms with Crippen molar-refractivity contribution in [3.8, 4) is 11.5 Å². The Morgan fingerprint density at radius 1 is 1.15 bits per heavy atom. The third-order valence-corrected chi connectivity index (χ3v) is 4.83. The van der Waals surface area contributed by atoms with Crippen LogP contribution >= 0.6 is 0 Å². The summed E-state index contributed by atoms with van der Waals surface area (Å²) in [6, 6.07) is 11.5. The van der Waals surface area contributed by atoms with Crippen LogP contribution in [0, 0.1) is 6.92 Å². The molecule has 1 heterocycles. The van der Waals surface area contributed by atoms with Gasteiger partial charge in [-0.05, 0) is 43.3 Å². The van der Waals surface area contributed by atoms with Crippen LogP contribution in [-0.4, -0.2) is 28.9 Å². The number of allylic oxidation sites excluding steroid dienone is 3. The molecule has 2 aromatic carbocycles. The molecule has 3 rings (SSSR count). The van der Waals surface area contributed by atoms with Gasteiger partial charge in [0, 0.05) is 6.54 Å². The Bertz CT molecular complexity index is 894. The standard InChI is InChI=1S/C23H25NO3/c1-4-24(5-2)15-18-19(25)14-16(3)21-22(26)20(27-23(18)21)13-9-12-17-10-7-6-8-11-17/h6-14,25H,4-5,15H2,1-3H3/b12-9+,20-13-. The summed E-state index contributed by atoms with van der Waals surface area (Å²) in [6.45, 7) is 8.22. The van der Waals surface area contributed by atoms with Crippen LogP contribution in [0.3, 0.4) is 0 Å². The van der Waals surface area contributed by atoms with E-state index in [1.165, 1.54) is 0 Å². The second-order valence-corrected chi connectivity index (χ2v) is 6.59. The maximum atomic E-state index is 12.8. The Labute approximate surface area is 160 Å². The molecule has 1 aliphatic rings. The summed E-state index contributed by atoms with van der Waals surface area (Å²) < 4.78 is 5.91. The number of ether oxygens (including phenoxy) is 1. The first-order valence-corrected chi connectivity index (χ1v) is 9.28. The average molecular weight is 363 g/mol. The molecule has 0 bridgehead atoms. The molecule has 0 atom stereocenters. The molecule has 0 unspecified atom stereocenters. The fourth-order valence-electron chi connectivity index (χ4n) is 3.23. The number of Topliss-reactive ketones (excluding diaryl/α,β-unsaturated/α-hetero) is 1. The molecule has 0 fully saturated rings. The number of carbonyl (C=O) groups excluding carboxylic acids is 1. The zero-order valence-electron chi connectivity index (χ0n) is 16.0. The number of fused-ring (bicyclic) bond motifs is 1. The Balaban J connectivity index is 1.92. The maximum Gasteiger partial charge on any atom is 0.232 e. The Kier molecular flexibility index (Phi) is 5.77. The van der Waals surface area contributed by atoms with Crippen molar-refractivity contribution in [3.05, 3.63) is 76.6 Å². The fourth-order valence-corrected chi connectivity index (χ4v) is 3.23. The molecule has 2 aromatic rings. The van der Waals surface area contributed by atoms with Crippen molar-refractivity contribution < 1.29 is 14.6 Å². The van der Waals surface area contributed by atoms with Crippen molar-refractivity contribution in [1.29, 1.82) is 0 Å². The summed E-state index contributed by atoms with van der Waals surface area (Å²) in [5.41, 5.74) is 3.00. The molecule has 1 N–H and O–H groups in total. The minimum absolute atomic E-state index is 0.138. The van der Waals surface area contributed by atoms with Gasteiger partial charge >= 0.3 is 0 Å². The van der Waals surface area contributed by atoms with Crippen LogP contribution in [0.15, 0.2) is 54.3 Å². The van der Waals surface area contributed by atoms with Crippen molar-refractivity contribution >= 4 is 11.9 Å². The number of hydrogen-bond donors (Lipinski definition) is 1. The number of benzene rings is 2. The number of phenols is 1. The molecule has 0 amide bonds. The van der Waals surface area contributed by atoms with Crippen molar-refractivity contribution in [2.24, 2.45) is 0 Å². The first-order chi connectivity index (χ1) is 13.0. The van der Waals surface area contributed by atoms with Crippen LogP contribution in [0.4, 0.5) is 0 Å². The van der Waals surface area contributed by atoms with E-state index in [-0.39, 0.29) is 17.3 Å². The van der Waals surface area contributed by atoms with Crippen molar-refractivity contribution in [3.63, 3.8) is 0 Å². The number of carbonyl (C=O) groups is 1. The van der Waals surface area contributed by atoms with E-state index in [0.29, 0.717) is 23.4 Å². The minimum Gasteiger partial charge on any atom is -0.507 e.